The molecular weight excluding hydrogens is 592 g/mol. The molecular formula is C27H28Br2N2O3S. The molecule has 184 valence electrons. The molecule has 0 aliphatic carbocycles. The summed E-state index contributed by atoms with van der Waals surface area (Å²) < 4.78 is 31.3. The minimum absolute atomic E-state index is 0.0689. The topological polar surface area (TPSA) is 66.5 Å². The molecule has 1 amide bonds. The monoisotopic (exact) mass is 618 g/mol. The maximum atomic E-state index is 13.3. The van der Waals surface area contributed by atoms with Gasteiger partial charge in [0.15, 0.2) is 0 Å². The first-order valence-corrected chi connectivity index (χ1v) is 14.4. The number of hydrogen-bond donors (Lipinski definition) is 1. The van der Waals surface area contributed by atoms with Crippen molar-refractivity contribution in [3.63, 3.8) is 0 Å². The summed E-state index contributed by atoms with van der Waals surface area (Å²) in [5.74, 6) is -0.0689. The van der Waals surface area contributed by atoms with Crippen molar-refractivity contribution in [3.8, 4) is 0 Å². The molecule has 35 heavy (non-hydrogen) atoms. The van der Waals surface area contributed by atoms with E-state index in [4.69, 9.17) is 0 Å². The van der Waals surface area contributed by atoms with Gasteiger partial charge in [-0.15, -0.1) is 0 Å². The maximum Gasteiger partial charge on any atom is 0.262 e. The van der Waals surface area contributed by atoms with E-state index in [0.717, 1.165) is 48.7 Å². The predicted molar refractivity (Wildman–Crippen MR) is 148 cm³/mol. The molecule has 0 unspecified atom stereocenters. The molecule has 0 saturated carbocycles. The lowest BCUT2D eigenvalue weighted by molar-refractivity contribution is 0.0734. The number of amides is 1. The number of sulfonamides is 1. The SMILES string of the molecule is Cc1c(C)c(C)c(S(=O)(=O)Nc2ccc(C(=O)N3CCc4cc(Br)c(Br)cc4C3)cc2)c(C)c1C. The number of hydrogen-bond acceptors (Lipinski definition) is 3. The zero-order chi connectivity index (χ0) is 25.7. The molecule has 0 aromatic heterocycles. The summed E-state index contributed by atoms with van der Waals surface area (Å²) in [6.45, 7) is 10.8. The second-order valence-corrected chi connectivity index (χ2v) is 12.5. The van der Waals surface area contributed by atoms with Crippen LogP contribution in [-0.2, 0) is 23.0 Å². The summed E-state index contributed by atoms with van der Waals surface area (Å²) in [6.07, 6.45) is 0.791. The Bertz CT molecular complexity index is 1420. The summed E-state index contributed by atoms with van der Waals surface area (Å²) in [7, 11) is -3.78. The third-order valence-corrected chi connectivity index (χ3v) is 10.6. The number of nitrogens with one attached hydrogen (secondary N) is 1. The fourth-order valence-corrected chi connectivity index (χ4v) is 7.10. The molecule has 4 rings (SSSR count). The van der Waals surface area contributed by atoms with Gasteiger partial charge in [0.05, 0.1) is 4.90 Å². The Balaban J connectivity index is 1.54. The zero-order valence-electron chi connectivity index (χ0n) is 20.4. The van der Waals surface area contributed by atoms with E-state index in [0.29, 0.717) is 29.2 Å². The van der Waals surface area contributed by atoms with E-state index < -0.39 is 10.0 Å². The van der Waals surface area contributed by atoms with E-state index in [1.807, 2.05) is 39.5 Å². The average molecular weight is 620 g/mol. The molecule has 1 aliphatic heterocycles. The van der Waals surface area contributed by atoms with Crippen molar-refractivity contribution in [1.29, 1.82) is 0 Å². The van der Waals surface area contributed by atoms with Crippen LogP contribution >= 0.6 is 31.9 Å². The smallest absolute Gasteiger partial charge is 0.262 e. The Hall–Kier alpha value is -2.16. The van der Waals surface area contributed by atoms with Gasteiger partial charge < -0.3 is 4.90 Å². The van der Waals surface area contributed by atoms with Crippen LogP contribution < -0.4 is 4.72 Å². The van der Waals surface area contributed by atoms with Gasteiger partial charge in [-0.25, -0.2) is 8.42 Å². The van der Waals surface area contributed by atoms with Gasteiger partial charge in [-0.3, -0.25) is 9.52 Å². The molecule has 1 aliphatic rings. The van der Waals surface area contributed by atoms with Crippen molar-refractivity contribution in [2.24, 2.45) is 0 Å². The van der Waals surface area contributed by atoms with Gasteiger partial charge in [-0.1, -0.05) is 0 Å². The van der Waals surface area contributed by atoms with Crippen molar-refractivity contribution in [3.05, 3.63) is 89.9 Å². The third-order valence-electron chi connectivity index (χ3n) is 7.13. The number of carbonyl (C=O) groups excluding carboxylic acids is 1. The molecule has 0 spiro atoms. The molecule has 0 saturated heterocycles. The van der Waals surface area contributed by atoms with Crippen LogP contribution in [0, 0.1) is 34.6 Å². The van der Waals surface area contributed by atoms with Crippen LogP contribution in [0.25, 0.3) is 0 Å². The largest absolute Gasteiger partial charge is 0.334 e. The number of nitrogens with zero attached hydrogens (tertiary/aromatic N) is 1. The van der Waals surface area contributed by atoms with Gasteiger partial charge in [0, 0.05) is 33.3 Å². The first kappa shape index (κ1) is 25.9. The van der Waals surface area contributed by atoms with Crippen molar-refractivity contribution in [2.75, 3.05) is 11.3 Å². The molecule has 0 fully saturated rings. The second kappa shape index (κ2) is 9.71. The van der Waals surface area contributed by atoms with Gasteiger partial charge in [0.25, 0.3) is 15.9 Å². The highest BCUT2D eigenvalue weighted by atomic mass is 79.9. The molecule has 1 N–H and O–H groups in total. The lowest BCUT2D eigenvalue weighted by Crippen LogP contribution is -2.36. The molecule has 8 heteroatoms. The van der Waals surface area contributed by atoms with Crippen LogP contribution in [0.1, 0.15) is 49.3 Å². The predicted octanol–water partition coefficient (Wildman–Crippen LogP) is 6.75. The van der Waals surface area contributed by atoms with Crippen LogP contribution in [0.15, 0.2) is 50.2 Å². The van der Waals surface area contributed by atoms with Gasteiger partial charge >= 0.3 is 0 Å². The number of halogens is 2. The molecule has 0 radical (unpaired) electrons. The van der Waals surface area contributed by atoms with Gasteiger partial charge in [0.2, 0.25) is 0 Å². The summed E-state index contributed by atoms with van der Waals surface area (Å²) >= 11 is 7.08. The number of carbonyl (C=O) groups is 1. The van der Waals surface area contributed by atoms with E-state index in [-0.39, 0.29) is 5.91 Å². The minimum Gasteiger partial charge on any atom is -0.334 e. The number of anilines is 1. The average Bonchev–Trinajstić information content (AvgIpc) is 2.81. The van der Waals surface area contributed by atoms with Gasteiger partial charge in [0.1, 0.15) is 0 Å². The van der Waals surface area contributed by atoms with Gasteiger partial charge in [-0.05, 0) is 148 Å². The second-order valence-electron chi connectivity index (χ2n) is 9.15. The lowest BCUT2D eigenvalue weighted by atomic mass is 9.95. The summed E-state index contributed by atoms with van der Waals surface area (Å²) in [5, 5.41) is 0. The van der Waals surface area contributed by atoms with E-state index in [1.165, 1.54) is 5.56 Å². The minimum atomic E-state index is -3.78. The highest BCUT2D eigenvalue weighted by molar-refractivity contribution is 9.13. The van der Waals surface area contributed by atoms with E-state index in [1.54, 1.807) is 24.3 Å². The Morgan fingerprint density at radius 1 is 0.829 bits per heavy atom. The standard InChI is InChI=1S/C27H28Br2N2O3S/c1-15-16(2)18(4)26(19(5)17(15)3)35(33,34)30-23-8-6-20(7-9-23)27(32)31-11-10-21-12-24(28)25(29)13-22(21)14-31/h6-9,12-13,30H,10-11,14H2,1-5H3. The van der Waals surface area contributed by atoms with Crippen LogP contribution in [0.5, 0.6) is 0 Å². The zero-order valence-corrected chi connectivity index (χ0v) is 24.4. The van der Waals surface area contributed by atoms with E-state index in [2.05, 4.69) is 48.7 Å². The fourth-order valence-electron chi connectivity index (χ4n) is 4.66. The number of rotatable bonds is 4. The van der Waals surface area contributed by atoms with E-state index in [9.17, 15) is 13.2 Å². The normalized spacial score (nSPS) is 13.5. The number of benzene rings is 3. The number of fused-ring (bicyclic) bond motifs is 1. The highest BCUT2D eigenvalue weighted by Crippen LogP contribution is 2.32. The maximum absolute atomic E-state index is 13.3. The van der Waals surface area contributed by atoms with E-state index >= 15 is 0 Å². The van der Waals surface area contributed by atoms with Crippen molar-refractivity contribution in [1.82, 2.24) is 4.90 Å². The first-order valence-electron chi connectivity index (χ1n) is 11.4. The van der Waals surface area contributed by atoms with Crippen molar-refractivity contribution < 1.29 is 13.2 Å². The molecule has 1 heterocycles. The first-order chi connectivity index (χ1) is 16.4. The summed E-state index contributed by atoms with van der Waals surface area (Å²) in [5.41, 5.74) is 7.91. The molecule has 5 nitrogen and oxygen atoms in total. The van der Waals surface area contributed by atoms with Crippen LogP contribution in [0.3, 0.4) is 0 Å². The fraction of sp³-hybridized carbons (Fsp3) is 0.296. The third kappa shape index (κ3) is 4.93. The lowest BCUT2D eigenvalue weighted by Gasteiger charge is -2.29. The molecule has 3 aromatic rings. The molecule has 3 aromatic carbocycles. The van der Waals surface area contributed by atoms with Gasteiger partial charge in [-0.2, -0.15) is 0 Å². The molecule has 0 atom stereocenters. The Morgan fingerprint density at radius 3 is 1.91 bits per heavy atom. The Labute approximate surface area is 224 Å². The summed E-state index contributed by atoms with van der Waals surface area (Å²) in [6, 6.07) is 10.8. The van der Waals surface area contributed by atoms with Crippen LogP contribution in [-0.4, -0.2) is 25.8 Å². The molecule has 0 bridgehead atoms. The van der Waals surface area contributed by atoms with Crippen LogP contribution in [0.4, 0.5) is 5.69 Å². The van der Waals surface area contributed by atoms with Crippen molar-refractivity contribution >= 4 is 53.5 Å². The summed E-state index contributed by atoms with van der Waals surface area (Å²) in [4.78, 5) is 15.3. The Morgan fingerprint density at radius 2 is 1.34 bits per heavy atom. The Kier molecular flexibility index (Phi) is 7.19. The highest BCUT2D eigenvalue weighted by Gasteiger charge is 2.25. The quantitative estimate of drug-likeness (QED) is 0.351. The van der Waals surface area contributed by atoms with Crippen molar-refractivity contribution in [2.45, 2.75) is 52.5 Å². The van der Waals surface area contributed by atoms with Crippen LogP contribution in [0.2, 0.25) is 0 Å².